The molecule has 0 aromatic heterocycles. The zero-order chi connectivity index (χ0) is 10.8. The fourth-order valence-corrected chi connectivity index (χ4v) is 1.47. The smallest absolute Gasteiger partial charge is 0.244 e. The zero-order valence-electron chi connectivity index (χ0n) is 8.81. The van der Waals surface area contributed by atoms with E-state index in [1.807, 2.05) is 0 Å². The molecule has 0 aromatic rings. The first-order chi connectivity index (χ1) is 6.45. The molecule has 4 nitrogen and oxygen atoms in total. The Hall–Kier alpha value is -1.32. The molecule has 0 aromatic carbocycles. The van der Waals surface area contributed by atoms with Crippen LogP contribution in [-0.4, -0.2) is 24.3 Å². The lowest BCUT2D eigenvalue weighted by Gasteiger charge is -2.25. The van der Waals surface area contributed by atoms with Crippen LogP contribution in [0.3, 0.4) is 0 Å². The molecular weight excluding hydrogens is 180 g/mol. The lowest BCUT2D eigenvalue weighted by molar-refractivity contribution is -0.125. The Balaban J connectivity index is 2.63. The highest BCUT2D eigenvalue weighted by Crippen LogP contribution is 2.15. The Morgan fingerprint density at radius 2 is 2.07 bits per heavy atom. The van der Waals surface area contributed by atoms with E-state index in [1.54, 1.807) is 27.0 Å². The highest BCUT2D eigenvalue weighted by molar-refractivity contribution is 5.93. The van der Waals surface area contributed by atoms with Gasteiger partial charge in [0.2, 0.25) is 5.91 Å². The van der Waals surface area contributed by atoms with Gasteiger partial charge in [-0.1, -0.05) is 0 Å². The van der Waals surface area contributed by atoms with Gasteiger partial charge < -0.3 is 10.6 Å². The van der Waals surface area contributed by atoms with Crippen LogP contribution >= 0.6 is 0 Å². The average molecular weight is 196 g/mol. The summed E-state index contributed by atoms with van der Waals surface area (Å²) in [6, 6.07) is 0. The summed E-state index contributed by atoms with van der Waals surface area (Å²) in [6.45, 7) is 3.57. The number of allylic oxidation sites excluding steroid dienone is 2. The van der Waals surface area contributed by atoms with Gasteiger partial charge in [-0.3, -0.25) is 9.59 Å². The van der Waals surface area contributed by atoms with Crippen LogP contribution < -0.4 is 10.6 Å². The normalized spacial score (nSPS) is 16.5. The zero-order valence-corrected chi connectivity index (χ0v) is 8.81. The van der Waals surface area contributed by atoms with Crippen molar-refractivity contribution in [1.29, 1.82) is 0 Å². The minimum Gasteiger partial charge on any atom is -0.375 e. The molecule has 0 unspecified atom stereocenters. The quantitative estimate of drug-likeness (QED) is 0.684. The van der Waals surface area contributed by atoms with E-state index < -0.39 is 5.54 Å². The Morgan fingerprint density at radius 3 is 2.50 bits per heavy atom. The minimum atomic E-state index is -0.662. The summed E-state index contributed by atoms with van der Waals surface area (Å²) in [5, 5.41) is 5.64. The van der Waals surface area contributed by atoms with Gasteiger partial charge in [0.25, 0.3) is 0 Å². The maximum atomic E-state index is 11.4. The fourth-order valence-electron chi connectivity index (χ4n) is 1.47. The highest BCUT2D eigenvalue weighted by Gasteiger charge is 2.28. The van der Waals surface area contributed by atoms with Crippen molar-refractivity contribution in [3.63, 3.8) is 0 Å². The third-order valence-corrected chi connectivity index (χ3v) is 2.24. The Labute approximate surface area is 83.8 Å². The Kier molecular flexibility index (Phi) is 2.93. The highest BCUT2D eigenvalue weighted by atomic mass is 16.2. The molecule has 0 atom stereocenters. The number of carbonyl (C=O) groups excluding carboxylic acids is 2. The van der Waals surface area contributed by atoms with E-state index in [2.05, 4.69) is 10.6 Å². The molecule has 14 heavy (non-hydrogen) atoms. The summed E-state index contributed by atoms with van der Waals surface area (Å²) >= 11 is 0. The molecule has 0 radical (unpaired) electrons. The summed E-state index contributed by atoms with van der Waals surface area (Å²) in [6.07, 6.45) is 2.83. The van der Waals surface area contributed by atoms with Crippen molar-refractivity contribution in [3.8, 4) is 0 Å². The third kappa shape index (κ3) is 2.34. The summed E-state index contributed by atoms with van der Waals surface area (Å²) in [4.78, 5) is 22.4. The van der Waals surface area contributed by atoms with E-state index in [-0.39, 0.29) is 11.7 Å². The van der Waals surface area contributed by atoms with Gasteiger partial charge in [0.15, 0.2) is 5.78 Å². The Bertz CT molecular complexity index is 292. The first-order valence-corrected chi connectivity index (χ1v) is 4.69. The van der Waals surface area contributed by atoms with Crippen LogP contribution in [0, 0.1) is 0 Å². The fraction of sp³-hybridized carbons (Fsp3) is 0.600. The second kappa shape index (κ2) is 3.82. The summed E-state index contributed by atoms with van der Waals surface area (Å²) in [5.41, 5.74) is 0.189. The van der Waals surface area contributed by atoms with Crippen molar-refractivity contribution < 1.29 is 9.59 Å². The van der Waals surface area contributed by atoms with Gasteiger partial charge in [0.05, 0.1) is 0 Å². The molecule has 0 spiro atoms. The SMILES string of the molecule is CNC(=O)C(C)(C)NC1=CC(=O)CC1. The first-order valence-electron chi connectivity index (χ1n) is 4.69. The standard InChI is InChI=1S/C10H16N2O2/c1-10(2,9(14)11-3)12-7-4-5-8(13)6-7/h6,12H,4-5H2,1-3H3,(H,11,14). The van der Waals surface area contributed by atoms with E-state index in [0.717, 1.165) is 5.70 Å². The largest absolute Gasteiger partial charge is 0.375 e. The van der Waals surface area contributed by atoms with Crippen LogP contribution in [-0.2, 0) is 9.59 Å². The van der Waals surface area contributed by atoms with Gasteiger partial charge in [-0.2, -0.15) is 0 Å². The first kappa shape index (κ1) is 10.8. The van der Waals surface area contributed by atoms with E-state index in [0.29, 0.717) is 12.8 Å². The molecule has 0 saturated carbocycles. The molecule has 1 rings (SSSR count). The third-order valence-electron chi connectivity index (χ3n) is 2.24. The minimum absolute atomic E-state index is 0.0854. The van der Waals surface area contributed by atoms with Crippen LogP contribution in [0.2, 0.25) is 0 Å². The van der Waals surface area contributed by atoms with Crippen LogP contribution in [0.1, 0.15) is 26.7 Å². The van der Waals surface area contributed by atoms with E-state index in [1.165, 1.54) is 0 Å². The van der Waals surface area contributed by atoms with Crippen LogP contribution in [0.4, 0.5) is 0 Å². The summed E-state index contributed by atoms with van der Waals surface area (Å²) < 4.78 is 0. The van der Waals surface area contributed by atoms with Gasteiger partial charge in [0.1, 0.15) is 5.54 Å². The second-order valence-electron chi connectivity index (χ2n) is 3.97. The number of hydrogen-bond donors (Lipinski definition) is 2. The molecule has 1 amide bonds. The van der Waals surface area contributed by atoms with Gasteiger partial charge in [-0.15, -0.1) is 0 Å². The molecule has 1 aliphatic rings. The molecule has 0 heterocycles. The van der Waals surface area contributed by atoms with Crippen molar-refractivity contribution in [2.45, 2.75) is 32.2 Å². The molecule has 78 valence electrons. The maximum Gasteiger partial charge on any atom is 0.244 e. The Morgan fingerprint density at radius 1 is 1.43 bits per heavy atom. The molecule has 4 heteroatoms. The monoisotopic (exact) mass is 196 g/mol. The van der Waals surface area contributed by atoms with Gasteiger partial charge in [-0.25, -0.2) is 0 Å². The van der Waals surface area contributed by atoms with E-state index in [9.17, 15) is 9.59 Å². The average Bonchev–Trinajstić information content (AvgIpc) is 2.48. The van der Waals surface area contributed by atoms with Crippen LogP contribution in [0.15, 0.2) is 11.8 Å². The molecule has 1 aliphatic carbocycles. The lowest BCUT2D eigenvalue weighted by Crippen LogP contribution is -2.51. The number of amides is 1. The van der Waals surface area contributed by atoms with E-state index >= 15 is 0 Å². The van der Waals surface area contributed by atoms with Crippen molar-refractivity contribution >= 4 is 11.7 Å². The van der Waals surface area contributed by atoms with Gasteiger partial charge in [-0.05, 0) is 20.3 Å². The molecule has 0 fully saturated rings. The van der Waals surface area contributed by atoms with Crippen LogP contribution in [0.25, 0.3) is 0 Å². The second-order valence-corrected chi connectivity index (χ2v) is 3.97. The molecule has 0 bridgehead atoms. The maximum absolute atomic E-state index is 11.4. The number of likely N-dealkylation sites (N-methyl/N-ethyl adjacent to an activating group) is 1. The van der Waals surface area contributed by atoms with Crippen molar-refractivity contribution in [3.05, 3.63) is 11.8 Å². The molecule has 0 aliphatic heterocycles. The van der Waals surface area contributed by atoms with Crippen molar-refractivity contribution in [2.75, 3.05) is 7.05 Å². The molecular formula is C10H16N2O2. The predicted molar refractivity (Wildman–Crippen MR) is 53.6 cm³/mol. The predicted octanol–water partition coefficient (Wildman–Crippen LogP) is 0.347. The summed E-state index contributed by atoms with van der Waals surface area (Å²) in [5.74, 6) is 0.0398. The number of rotatable bonds is 3. The topological polar surface area (TPSA) is 58.2 Å². The van der Waals surface area contributed by atoms with Crippen molar-refractivity contribution in [1.82, 2.24) is 10.6 Å². The van der Waals surface area contributed by atoms with Gasteiger partial charge in [0, 0.05) is 25.2 Å². The lowest BCUT2D eigenvalue weighted by atomic mass is 10.0. The van der Waals surface area contributed by atoms with Gasteiger partial charge >= 0.3 is 0 Å². The number of nitrogens with one attached hydrogen (secondary N) is 2. The number of hydrogen-bond acceptors (Lipinski definition) is 3. The van der Waals surface area contributed by atoms with E-state index in [4.69, 9.17) is 0 Å². The number of ketones is 1. The number of carbonyl (C=O) groups is 2. The summed E-state index contributed by atoms with van der Waals surface area (Å²) in [7, 11) is 1.60. The molecule has 0 saturated heterocycles. The molecule has 2 N–H and O–H groups in total. The van der Waals surface area contributed by atoms with Crippen molar-refractivity contribution in [2.24, 2.45) is 0 Å². The van der Waals surface area contributed by atoms with Crippen LogP contribution in [0.5, 0.6) is 0 Å².